The van der Waals surface area contributed by atoms with E-state index in [1.807, 2.05) is 0 Å². The topological polar surface area (TPSA) is 12.5 Å². The highest BCUT2D eigenvalue weighted by Gasteiger charge is 2.68. The molecular weight excluding hydrogens is 184 g/mol. The third-order valence-electron chi connectivity index (χ3n) is 5.03. The Morgan fingerprint density at radius 2 is 1.54 bits per heavy atom. The molecule has 4 rings (SSSR count). The minimum atomic E-state index is 0.695. The van der Waals surface area contributed by atoms with Gasteiger partial charge in [0.2, 0.25) is 0 Å². The first-order valence-corrected chi connectivity index (χ1v) is 6.13. The van der Waals surface area contributed by atoms with Gasteiger partial charge in [0, 0.05) is 5.88 Å². The Labute approximate surface area is 83.8 Å². The average molecular weight is 199 g/mol. The van der Waals surface area contributed by atoms with Gasteiger partial charge in [0.15, 0.2) is 0 Å². The van der Waals surface area contributed by atoms with Gasteiger partial charge in [-0.05, 0) is 48.9 Å². The van der Waals surface area contributed by atoms with Crippen molar-refractivity contribution in [1.29, 1.82) is 0 Å². The van der Waals surface area contributed by atoms with Crippen molar-refractivity contribution in [3.05, 3.63) is 0 Å². The lowest BCUT2D eigenvalue weighted by Gasteiger charge is -2.20. The molecule has 0 amide bonds. The number of halogens is 1. The summed E-state index contributed by atoms with van der Waals surface area (Å²) in [4.78, 5) is 0. The van der Waals surface area contributed by atoms with Gasteiger partial charge in [-0.25, -0.2) is 0 Å². The van der Waals surface area contributed by atoms with E-state index in [1.54, 1.807) is 0 Å². The fourth-order valence-electron chi connectivity index (χ4n) is 4.57. The summed E-state index contributed by atoms with van der Waals surface area (Å²) in [7, 11) is 0. The van der Waals surface area contributed by atoms with Gasteiger partial charge in [0.1, 0.15) is 0 Å². The zero-order valence-corrected chi connectivity index (χ0v) is 8.41. The molecule has 1 nitrogen and oxygen atoms in total. The second-order valence-corrected chi connectivity index (χ2v) is 5.76. The molecule has 0 aromatic rings. The molecule has 3 saturated carbocycles. The highest BCUT2D eigenvalue weighted by Crippen LogP contribution is 2.66. The van der Waals surface area contributed by atoms with Crippen LogP contribution in [0.25, 0.3) is 0 Å². The molecule has 72 valence electrons. The third-order valence-corrected chi connectivity index (χ3v) is 5.47. The highest BCUT2D eigenvalue weighted by atomic mass is 35.5. The molecule has 1 saturated heterocycles. The molecule has 3 aliphatic carbocycles. The zero-order chi connectivity index (χ0) is 8.58. The Balaban J connectivity index is 1.63. The van der Waals surface area contributed by atoms with Gasteiger partial charge in [0.05, 0.1) is 12.2 Å². The van der Waals surface area contributed by atoms with E-state index in [2.05, 4.69) is 0 Å². The Bertz CT molecular complexity index is 232. The van der Waals surface area contributed by atoms with Crippen LogP contribution in [0.5, 0.6) is 0 Å². The van der Waals surface area contributed by atoms with Gasteiger partial charge in [-0.1, -0.05) is 0 Å². The van der Waals surface area contributed by atoms with E-state index in [1.165, 1.54) is 19.3 Å². The van der Waals surface area contributed by atoms with Crippen LogP contribution in [-0.2, 0) is 4.74 Å². The molecule has 2 bridgehead atoms. The summed E-state index contributed by atoms with van der Waals surface area (Å²) < 4.78 is 5.71. The first-order chi connectivity index (χ1) is 6.38. The number of ether oxygens (including phenoxy) is 1. The van der Waals surface area contributed by atoms with Gasteiger partial charge < -0.3 is 4.74 Å². The van der Waals surface area contributed by atoms with Crippen molar-refractivity contribution in [1.82, 2.24) is 0 Å². The summed E-state index contributed by atoms with van der Waals surface area (Å²) in [5, 5.41) is 0. The lowest BCUT2D eigenvalue weighted by atomic mass is 9.82. The van der Waals surface area contributed by atoms with Crippen LogP contribution in [-0.4, -0.2) is 18.1 Å². The summed E-state index contributed by atoms with van der Waals surface area (Å²) in [6.07, 6.45) is 5.68. The molecular formula is C11H15ClO. The quantitative estimate of drug-likeness (QED) is 0.465. The van der Waals surface area contributed by atoms with Crippen LogP contribution in [0, 0.1) is 29.6 Å². The van der Waals surface area contributed by atoms with E-state index >= 15 is 0 Å². The van der Waals surface area contributed by atoms with Crippen LogP contribution in [0.1, 0.15) is 19.3 Å². The van der Waals surface area contributed by atoms with Crippen LogP contribution in [0.15, 0.2) is 0 Å². The summed E-state index contributed by atoms with van der Waals surface area (Å²) >= 11 is 5.95. The van der Waals surface area contributed by atoms with Crippen LogP contribution in [0.4, 0.5) is 0 Å². The fourth-order valence-corrected chi connectivity index (χ4v) is 4.82. The molecule has 0 spiro atoms. The number of alkyl halides is 1. The maximum Gasteiger partial charge on any atom is 0.0875 e. The van der Waals surface area contributed by atoms with Crippen molar-refractivity contribution >= 4 is 11.6 Å². The van der Waals surface area contributed by atoms with Gasteiger partial charge >= 0.3 is 0 Å². The first-order valence-electron chi connectivity index (χ1n) is 5.60. The number of rotatable bonds is 1. The van der Waals surface area contributed by atoms with E-state index in [-0.39, 0.29) is 0 Å². The lowest BCUT2D eigenvalue weighted by molar-refractivity contribution is 0.238. The summed E-state index contributed by atoms with van der Waals surface area (Å²) in [5.41, 5.74) is 0. The number of fused-ring (bicyclic) bond motifs is 8. The van der Waals surface area contributed by atoms with Crippen molar-refractivity contribution in [3.63, 3.8) is 0 Å². The summed E-state index contributed by atoms with van der Waals surface area (Å²) in [5.74, 6) is 5.60. The van der Waals surface area contributed by atoms with Crippen molar-refractivity contribution in [2.24, 2.45) is 29.6 Å². The van der Waals surface area contributed by atoms with Crippen LogP contribution < -0.4 is 0 Å². The van der Waals surface area contributed by atoms with Crippen LogP contribution >= 0.6 is 11.6 Å². The van der Waals surface area contributed by atoms with Gasteiger partial charge in [-0.15, -0.1) is 11.6 Å². The average Bonchev–Trinajstić information content (AvgIpc) is 2.59. The molecule has 0 radical (unpaired) electrons. The molecule has 6 unspecified atom stereocenters. The van der Waals surface area contributed by atoms with Gasteiger partial charge in [0.25, 0.3) is 0 Å². The Morgan fingerprint density at radius 3 is 2.08 bits per heavy atom. The van der Waals surface area contributed by atoms with Crippen molar-refractivity contribution in [2.45, 2.75) is 31.5 Å². The summed E-state index contributed by atoms with van der Waals surface area (Å²) in [6, 6.07) is 0. The maximum atomic E-state index is 5.95. The Morgan fingerprint density at radius 1 is 0.923 bits per heavy atom. The molecule has 0 N–H and O–H groups in total. The van der Waals surface area contributed by atoms with E-state index in [4.69, 9.17) is 16.3 Å². The molecule has 13 heavy (non-hydrogen) atoms. The maximum absolute atomic E-state index is 5.95. The minimum absolute atomic E-state index is 0.695. The van der Waals surface area contributed by atoms with E-state index in [0.717, 1.165) is 35.5 Å². The lowest BCUT2D eigenvalue weighted by Crippen LogP contribution is -2.22. The molecule has 0 aromatic carbocycles. The first kappa shape index (κ1) is 7.53. The number of hydrogen-bond donors (Lipinski definition) is 0. The molecule has 4 aliphatic rings. The second kappa shape index (κ2) is 2.25. The van der Waals surface area contributed by atoms with E-state index < -0.39 is 0 Å². The highest BCUT2D eigenvalue weighted by molar-refractivity contribution is 6.18. The predicted molar refractivity (Wildman–Crippen MR) is 50.7 cm³/mol. The number of epoxide rings is 1. The fraction of sp³-hybridized carbons (Fsp3) is 1.00. The molecule has 1 heterocycles. The van der Waals surface area contributed by atoms with Crippen molar-refractivity contribution in [3.8, 4) is 0 Å². The van der Waals surface area contributed by atoms with Crippen molar-refractivity contribution in [2.75, 3.05) is 5.88 Å². The van der Waals surface area contributed by atoms with Gasteiger partial charge in [-0.2, -0.15) is 0 Å². The molecule has 6 atom stereocenters. The van der Waals surface area contributed by atoms with E-state index in [0.29, 0.717) is 12.2 Å². The van der Waals surface area contributed by atoms with Crippen molar-refractivity contribution < 1.29 is 4.74 Å². The monoisotopic (exact) mass is 198 g/mol. The van der Waals surface area contributed by atoms with Crippen LogP contribution in [0.3, 0.4) is 0 Å². The SMILES string of the molecule is ClCC1CC2C(C1)C1CC2C2OC12. The molecule has 2 heteroatoms. The molecule has 1 aliphatic heterocycles. The van der Waals surface area contributed by atoms with Gasteiger partial charge in [-0.3, -0.25) is 0 Å². The predicted octanol–water partition coefficient (Wildman–Crippen LogP) is 2.28. The second-order valence-electron chi connectivity index (χ2n) is 5.45. The third kappa shape index (κ3) is 0.794. The Kier molecular flexibility index (Phi) is 1.30. The smallest absolute Gasteiger partial charge is 0.0875 e. The number of hydrogen-bond acceptors (Lipinski definition) is 1. The minimum Gasteiger partial charge on any atom is -0.369 e. The summed E-state index contributed by atoms with van der Waals surface area (Å²) in [6.45, 7) is 0. The van der Waals surface area contributed by atoms with Crippen LogP contribution in [0.2, 0.25) is 0 Å². The Hall–Kier alpha value is 0.250. The normalized spacial score (nSPS) is 66.7. The largest absolute Gasteiger partial charge is 0.369 e. The standard InChI is InChI=1S/C11H15ClO/c12-4-5-1-6-7(2-5)9-3-8(6)10-11(9)13-10/h5-11H,1-4H2. The van der Waals surface area contributed by atoms with E-state index in [9.17, 15) is 0 Å². The molecule has 0 aromatic heterocycles. The molecule has 4 fully saturated rings. The zero-order valence-electron chi connectivity index (χ0n) is 7.66.